The Hall–Kier alpha value is -2.52. The van der Waals surface area contributed by atoms with Gasteiger partial charge in [0, 0.05) is 43.0 Å². The quantitative estimate of drug-likeness (QED) is 0.420. The predicted molar refractivity (Wildman–Crippen MR) is 129 cm³/mol. The first-order chi connectivity index (χ1) is 15.8. The van der Waals surface area contributed by atoms with Gasteiger partial charge in [-0.3, -0.25) is 0 Å². The maximum atomic E-state index is 12.6. The minimum absolute atomic E-state index is 0.0701. The largest absolute Gasteiger partial charge is 0.446 e. The Labute approximate surface area is 196 Å². The number of hydrogen-bond donors (Lipinski definition) is 2. The lowest BCUT2D eigenvalue weighted by Gasteiger charge is -2.30. The summed E-state index contributed by atoms with van der Waals surface area (Å²) in [6, 6.07) is 15.3. The normalized spacial score (nSPS) is 18.9. The topological polar surface area (TPSA) is 53.1 Å². The lowest BCUT2D eigenvalue weighted by molar-refractivity contribution is -0.0328. The monoisotopic (exact) mass is 475 g/mol. The Morgan fingerprint density at radius 2 is 1.70 bits per heavy atom. The van der Waals surface area contributed by atoms with Crippen LogP contribution in [0.3, 0.4) is 0 Å². The van der Waals surface area contributed by atoms with E-state index in [9.17, 15) is 13.2 Å². The second kappa shape index (κ2) is 10.2. The molecular weight excluding hydrogens is 447 g/mol. The van der Waals surface area contributed by atoms with Crippen LogP contribution in [0.25, 0.3) is 10.9 Å². The van der Waals surface area contributed by atoms with Gasteiger partial charge in [-0.25, -0.2) is 4.98 Å². The average molecular weight is 476 g/mol. The smallest absolute Gasteiger partial charge is 0.362 e. The van der Waals surface area contributed by atoms with Crippen molar-refractivity contribution in [2.24, 2.45) is 0 Å². The molecule has 0 atom stereocenters. The van der Waals surface area contributed by atoms with Crippen molar-refractivity contribution in [3.05, 3.63) is 54.1 Å². The molecule has 2 N–H and O–H groups in total. The van der Waals surface area contributed by atoms with Gasteiger partial charge in [-0.05, 0) is 67.3 Å². The molecule has 1 heterocycles. The minimum atomic E-state index is -4.26. The molecule has 1 aliphatic rings. The first-order valence-corrected chi connectivity index (χ1v) is 11.9. The van der Waals surface area contributed by atoms with E-state index in [1.165, 1.54) is 6.07 Å². The third-order valence-electron chi connectivity index (χ3n) is 5.79. The summed E-state index contributed by atoms with van der Waals surface area (Å²) in [6.07, 6.45) is 3.94. The molecule has 3 aromatic rings. The summed E-state index contributed by atoms with van der Waals surface area (Å²) in [7, 11) is 3.96. The number of halogens is 3. The third-order valence-corrected chi connectivity index (χ3v) is 6.52. The van der Waals surface area contributed by atoms with Crippen LogP contribution in [-0.4, -0.2) is 41.7 Å². The van der Waals surface area contributed by atoms with Gasteiger partial charge in [0.05, 0.1) is 5.52 Å². The van der Waals surface area contributed by atoms with E-state index >= 15 is 0 Å². The van der Waals surface area contributed by atoms with Crippen molar-refractivity contribution in [2.45, 2.75) is 54.7 Å². The summed E-state index contributed by atoms with van der Waals surface area (Å²) in [6.45, 7) is 0.564. The van der Waals surface area contributed by atoms with Crippen LogP contribution in [0.15, 0.2) is 53.4 Å². The standard InChI is InChI=1S/C24H28F3N5S/c1-32(2)22-20-8-3-4-9-21(20)30-23(31-22)29-18-12-10-17(11-13-18)28-15-16-6-5-7-19(14-16)33-24(25,26)27/h3-9,14,17-18,28H,10-13,15H2,1-2H3,(H,29,30,31)/t17-,18+. The number of benzene rings is 2. The molecule has 2 aromatic carbocycles. The van der Waals surface area contributed by atoms with Crippen LogP contribution in [0.5, 0.6) is 0 Å². The number of nitrogens with one attached hydrogen (secondary N) is 2. The summed E-state index contributed by atoms with van der Waals surface area (Å²) < 4.78 is 37.8. The first kappa shape index (κ1) is 23.6. The van der Waals surface area contributed by atoms with Gasteiger partial charge in [0.2, 0.25) is 5.95 Å². The van der Waals surface area contributed by atoms with Crippen LogP contribution >= 0.6 is 11.8 Å². The molecule has 1 aliphatic carbocycles. The summed E-state index contributed by atoms with van der Waals surface area (Å²) >= 11 is -0.0701. The van der Waals surface area contributed by atoms with Gasteiger partial charge >= 0.3 is 5.51 Å². The van der Waals surface area contributed by atoms with E-state index in [-0.39, 0.29) is 16.7 Å². The van der Waals surface area contributed by atoms with Crippen LogP contribution < -0.4 is 15.5 Å². The Kier molecular flexibility index (Phi) is 7.29. The van der Waals surface area contributed by atoms with Gasteiger partial charge in [-0.2, -0.15) is 18.2 Å². The van der Waals surface area contributed by atoms with Gasteiger partial charge in [0.1, 0.15) is 5.82 Å². The van der Waals surface area contributed by atoms with Crippen molar-refractivity contribution in [1.29, 1.82) is 0 Å². The zero-order valence-corrected chi connectivity index (χ0v) is 19.5. The number of thioether (sulfide) groups is 1. The van der Waals surface area contributed by atoms with Crippen LogP contribution in [0.2, 0.25) is 0 Å². The molecule has 0 radical (unpaired) electrons. The van der Waals surface area contributed by atoms with Crippen molar-refractivity contribution >= 4 is 34.4 Å². The molecule has 0 bridgehead atoms. The second-order valence-corrected chi connectivity index (χ2v) is 9.69. The van der Waals surface area contributed by atoms with Crippen molar-refractivity contribution in [2.75, 3.05) is 24.3 Å². The second-order valence-electron chi connectivity index (χ2n) is 8.55. The number of rotatable bonds is 7. The summed E-state index contributed by atoms with van der Waals surface area (Å²) in [5.74, 6) is 1.54. The lowest BCUT2D eigenvalue weighted by atomic mass is 9.91. The minimum Gasteiger partial charge on any atom is -0.362 e. The lowest BCUT2D eigenvalue weighted by Crippen LogP contribution is -2.37. The molecule has 0 saturated heterocycles. The third kappa shape index (κ3) is 6.51. The molecule has 0 spiro atoms. The number of aromatic nitrogens is 2. The number of para-hydroxylation sites is 1. The number of hydrogen-bond acceptors (Lipinski definition) is 6. The number of anilines is 2. The molecule has 0 aliphatic heterocycles. The Morgan fingerprint density at radius 1 is 0.970 bits per heavy atom. The highest BCUT2D eigenvalue weighted by atomic mass is 32.2. The molecule has 9 heteroatoms. The van der Waals surface area contributed by atoms with Crippen LogP contribution in [0.4, 0.5) is 24.9 Å². The van der Waals surface area contributed by atoms with Gasteiger partial charge in [-0.1, -0.05) is 24.3 Å². The highest BCUT2D eigenvalue weighted by Crippen LogP contribution is 2.37. The summed E-state index contributed by atoms with van der Waals surface area (Å²) in [5, 5.41) is 8.04. The van der Waals surface area contributed by atoms with E-state index in [1.807, 2.05) is 49.3 Å². The van der Waals surface area contributed by atoms with Crippen LogP contribution in [-0.2, 0) is 6.54 Å². The molecule has 5 nitrogen and oxygen atoms in total. The molecular formula is C24H28F3N5S. The summed E-state index contributed by atoms with van der Waals surface area (Å²) in [5.41, 5.74) is -2.48. The molecule has 0 amide bonds. The van der Waals surface area contributed by atoms with E-state index in [4.69, 9.17) is 9.97 Å². The molecule has 1 aromatic heterocycles. The molecule has 176 valence electrons. The number of fused-ring (bicyclic) bond motifs is 1. The van der Waals surface area contributed by atoms with Crippen LogP contribution in [0.1, 0.15) is 31.2 Å². The molecule has 0 unspecified atom stereocenters. The van der Waals surface area contributed by atoms with E-state index in [1.54, 1.807) is 12.1 Å². The van der Waals surface area contributed by atoms with E-state index < -0.39 is 5.51 Å². The van der Waals surface area contributed by atoms with Gasteiger partial charge in [-0.15, -0.1) is 0 Å². The molecule has 1 fully saturated rings. The Balaban J connectivity index is 1.31. The fourth-order valence-corrected chi connectivity index (χ4v) is 4.83. The Morgan fingerprint density at radius 3 is 2.42 bits per heavy atom. The fraction of sp³-hybridized carbons (Fsp3) is 0.417. The van der Waals surface area contributed by atoms with Crippen molar-refractivity contribution in [3.8, 4) is 0 Å². The first-order valence-electron chi connectivity index (χ1n) is 11.1. The van der Waals surface area contributed by atoms with E-state index in [0.717, 1.165) is 48.0 Å². The van der Waals surface area contributed by atoms with Crippen molar-refractivity contribution in [3.63, 3.8) is 0 Å². The fourth-order valence-electron chi connectivity index (χ4n) is 4.20. The van der Waals surface area contributed by atoms with Crippen LogP contribution in [0, 0.1) is 0 Å². The predicted octanol–water partition coefficient (Wildman–Crippen LogP) is 5.82. The van der Waals surface area contributed by atoms with Crippen molar-refractivity contribution < 1.29 is 13.2 Å². The van der Waals surface area contributed by atoms with Crippen molar-refractivity contribution in [1.82, 2.24) is 15.3 Å². The van der Waals surface area contributed by atoms with E-state index in [2.05, 4.69) is 10.6 Å². The van der Waals surface area contributed by atoms with E-state index in [0.29, 0.717) is 24.6 Å². The number of alkyl halides is 3. The number of nitrogens with zero attached hydrogens (tertiary/aromatic N) is 3. The maximum Gasteiger partial charge on any atom is 0.446 e. The average Bonchev–Trinajstić information content (AvgIpc) is 2.77. The maximum absolute atomic E-state index is 12.6. The zero-order chi connectivity index (χ0) is 23.4. The highest BCUT2D eigenvalue weighted by Gasteiger charge is 2.29. The van der Waals surface area contributed by atoms with Gasteiger partial charge in [0.15, 0.2) is 0 Å². The Bertz CT molecular complexity index is 1080. The van der Waals surface area contributed by atoms with Gasteiger partial charge < -0.3 is 15.5 Å². The molecule has 4 rings (SSSR count). The van der Waals surface area contributed by atoms with Gasteiger partial charge in [0.25, 0.3) is 0 Å². The zero-order valence-electron chi connectivity index (χ0n) is 18.7. The summed E-state index contributed by atoms with van der Waals surface area (Å²) in [4.78, 5) is 11.6. The highest BCUT2D eigenvalue weighted by molar-refractivity contribution is 8.00. The SMILES string of the molecule is CN(C)c1nc(N[C@H]2CC[C@@H](NCc3cccc(SC(F)(F)F)c3)CC2)nc2ccccc12. The molecule has 33 heavy (non-hydrogen) atoms. The molecule has 1 saturated carbocycles.